The zero-order valence-electron chi connectivity index (χ0n) is 11.0. The van der Waals surface area contributed by atoms with E-state index in [1.165, 1.54) is 6.07 Å². The summed E-state index contributed by atoms with van der Waals surface area (Å²) in [4.78, 5) is 25.2. The Morgan fingerprint density at radius 1 is 1.26 bits per heavy atom. The van der Waals surface area contributed by atoms with Gasteiger partial charge in [-0.2, -0.15) is 0 Å². The molecule has 0 bridgehead atoms. The van der Waals surface area contributed by atoms with Crippen molar-refractivity contribution in [2.75, 3.05) is 19.7 Å². The lowest BCUT2D eigenvalue weighted by atomic mass is 10.0. The maximum absolute atomic E-state index is 12.4. The Balaban J connectivity index is 2.27. The smallest absolute Gasteiger partial charge is 0.336 e. The highest BCUT2D eigenvalue weighted by molar-refractivity contribution is 6.04. The Hall–Kier alpha value is -1.88. The van der Waals surface area contributed by atoms with E-state index >= 15 is 0 Å². The number of benzene rings is 1. The monoisotopic (exact) mass is 263 g/mol. The normalized spacial score (nSPS) is 18.1. The van der Waals surface area contributed by atoms with Gasteiger partial charge >= 0.3 is 5.97 Å². The number of carboxylic acid groups (broad SMARTS) is 1. The third kappa shape index (κ3) is 2.93. The van der Waals surface area contributed by atoms with Gasteiger partial charge in [-0.1, -0.05) is 12.1 Å². The van der Waals surface area contributed by atoms with Crippen molar-refractivity contribution in [3.63, 3.8) is 0 Å². The van der Waals surface area contributed by atoms with Gasteiger partial charge in [0.25, 0.3) is 5.91 Å². The summed E-state index contributed by atoms with van der Waals surface area (Å²) in [6, 6.07) is 6.28. The van der Waals surface area contributed by atoms with Crippen LogP contribution < -0.4 is 0 Å². The largest absolute Gasteiger partial charge is 0.478 e. The predicted octanol–water partition coefficient (Wildman–Crippen LogP) is 1.64. The molecular weight excluding hydrogens is 246 g/mol. The third-order valence-corrected chi connectivity index (χ3v) is 3.10. The second-order valence-electron chi connectivity index (χ2n) is 5.19. The van der Waals surface area contributed by atoms with Crippen LogP contribution in [0, 0.1) is 0 Å². The summed E-state index contributed by atoms with van der Waals surface area (Å²) in [5.74, 6) is -1.34. The van der Waals surface area contributed by atoms with E-state index in [2.05, 4.69) is 0 Å². The summed E-state index contributed by atoms with van der Waals surface area (Å²) in [6.45, 7) is 5.23. The number of ether oxygens (including phenoxy) is 1. The molecule has 5 heteroatoms. The van der Waals surface area contributed by atoms with Gasteiger partial charge in [-0.3, -0.25) is 4.79 Å². The fourth-order valence-corrected chi connectivity index (χ4v) is 2.22. The molecule has 0 spiro atoms. The number of carbonyl (C=O) groups is 2. The SMILES string of the molecule is CC1(C)CN(C(=O)c2ccccc2C(=O)O)CCO1. The Bertz CT molecular complexity index is 510. The van der Waals surface area contributed by atoms with Crippen molar-refractivity contribution < 1.29 is 19.4 Å². The van der Waals surface area contributed by atoms with Crippen molar-refractivity contribution in [3.8, 4) is 0 Å². The molecule has 102 valence electrons. The van der Waals surface area contributed by atoms with Gasteiger partial charge < -0.3 is 14.7 Å². The molecule has 19 heavy (non-hydrogen) atoms. The summed E-state index contributed by atoms with van der Waals surface area (Å²) in [6.07, 6.45) is 0. The van der Waals surface area contributed by atoms with Crippen LogP contribution in [0.4, 0.5) is 0 Å². The first-order chi connectivity index (χ1) is 8.91. The molecule has 1 saturated heterocycles. The van der Waals surface area contributed by atoms with Crippen molar-refractivity contribution >= 4 is 11.9 Å². The van der Waals surface area contributed by atoms with Crippen LogP contribution in [0.15, 0.2) is 24.3 Å². The van der Waals surface area contributed by atoms with Crippen molar-refractivity contribution in [1.82, 2.24) is 4.90 Å². The minimum Gasteiger partial charge on any atom is -0.478 e. The summed E-state index contributed by atoms with van der Waals surface area (Å²) in [5, 5.41) is 9.12. The first-order valence-corrected chi connectivity index (χ1v) is 6.16. The van der Waals surface area contributed by atoms with Crippen LogP contribution in [0.25, 0.3) is 0 Å². The van der Waals surface area contributed by atoms with E-state index in [1.54, 1.807) is 23.1 Å². The summed E-state index contributed by atoms with van der Waals surface area (Å²) >= 11 is 0. The Kier molecular flexibility index (Phi) is 3.57. The molecule has 0 saturated carbocycles. The number of hydrogen-bond donors (Lipinski definition) is 1. The van der Waals surface area contributed by atoms with E-state index in [0.29, 0.717) is 19.7 Å². The Morgan fingerprint density at radius 3 is 2.47 bits per heavy atom. The van der Waals surface area contributed by atoms with E-state index in [-0.39, 0.29) is 17.0 Å². The number of hydrogen-bond acceptors (Lipinski definition) is 3. The Labute approximate surface area is 111 Å². The lowest BCUT2D eigenvalue weighted by molar-refractivity contribution is -0.0764. The topological polar surface area (TPSA) is 66.8 Å². The first kappa shape index (κ1) is 13.5. The number of carboxylic acids is 1. The first-order valence-electron chi connectivity index (χ1n) is 6.16. The third-order valence-electron chi connectivity index (χ3n) is 3.10. The Morgan fingerprint density at radius 2 is 1.89 bits per heavy atom. The van der Waals surface area contributed by atoms with Crippen LogP contribution >= 0.6 is 0 Å². The highest BCUT2D eigenvalue weighted by Crippen LogP contribution is 2.20. The molecule has 0 unspecified atom stereocenters. The lowest BCUT2D eigenvalue weighted by Crippen LogP contribution is -2.50. The maximum Gasteiger partial charge on any atom is 0.336 e. The minimum absolute atomic E-state index is 0.0387. The average Bonchev–Trinajstić information content (AvgIpc) is 2.36. The molecule has 1 N–H and O–H groups in total. The molecule has 0 aliphatic carbocycles. The van der Waals surface area contributed by atoms with E-state index in [1.807, 2.05) is 13.8 Å². The molecule has 1 aromatic rings. The van der Waals surface area contributed by atoms with Crippen LogP contribution in [-0.4, -0.2) is 47.2 Å². The van der Waals surface area contributed by atoms with Gasteiger partial charge in [0, 0.05) is 13.1 Å². The number of morpholine rings is 1. The molecule has 2 rings (SSSR count). The summed E-state index contributed by atoms with van der Waals surface area (Å²) in [5.41, 5.74) is -0.129. The quantitative estimate of drug-likeness (QED) is 0.880. The second-order valence-corrected chi connectivity index (χ2v) is 5.19. The molecule has 1 aliphatic heterocycles. The van der Waals surface area contributed by atoms with Gasteiger partial charge in [0.1, 0.15) is 0 Å². The molecule has 0 aromatic heterocycles. The molecule has 5 nitrogen and oxygen atoms in total. The predicted molar refractivity (Wildman–Crippen MR) is 69.3 cm³/mol. The summed E-state index contributed by atoms with van der Waals surface area (Å²) in [7, 11) is 0. The van der Waals surface area contributed by atoms with E-state index in [0.717, 1.165) is 0 Å². The average molecular weight is 263 g/mol. The molecule has 0 atom stereocenters. The zero-order valence-corrected chi connectivity index (χ0v) is 11.0. The number of nitrogens with zero attached hydrogens (tertiary/aromatic N) is 1. The van der Waals surface area contributed by atoms with Crippen LogP contribution in [-0.2, 0) is 4.74 Å². The van der Waals surface area contributed by atoms with Gasteiger partial charge in [0.15, 0.2) is 0 Å². The van der Waals surface area contributed by atoms with Crippen LogP contribution in [0.2, 0.25) is 0 Å². The van der Waals surface area contributed by atoms with E-state index in [9.17, 15) is 9.59 Å². The van der Waals surface area contributed by atoms with Gasteiger partial charge in [0.05, 0.1) is 23.3 Å². The molecule has 1 fully saturated rings. The van der Waals surface area contributed by atoms with Gasteiger partial charge in [0.2, 0.25) is 0 Å². The molecule has 1 heterocycles. The van der Waals surface area contributed by atoms with Crippen LogP contribution in [0.5, 0.6) is 0 Å². The molecule has 1 amide bonds. The van der Waals surface area contributed by atoms with Crippen LogP contribution in [0.3, 0.4) is 0 Å². The number of carbonyl (C=O) groups excluding carboxylic acids is 1. The highest BCUT2D eigenvalue weighted by atomic mass is 16.5. The molecular formula is C14H17NO4. The van der Waals surface area contributed by atoms with Crippen molar-refractivity contribution in [2.45, 2.75) is 19.4 Å². The molecule has 1 aliphatic rings. The fourth-order valence-electron chi connectivity index (χ4n) is 2.22. The fraction of sp³-hybridized carbons (Fsp3) is 0.429. The lowest BCUT2D eigenvalue weighted by Gasteiger charge is -2.38. The summed E-state index contributed by atoms with van der Waals surface area (Å²) < 4.78 is 5.55. The molecule has 0 radical (unpaired) electrons. The number of amides is 1. The van der Waals surface area contributed by atoms with Crippen molar-refractivity contribution in [2.24, 2.45) is 0 Å². The second kappa shape index (κ2) is 5.01. The van der Waals surface area contributed by atoms with Crippen molar-refractivity contribution in [3.05, 3.63) is 35.4 Å². The van der Waals surface area contributed by atoms with Crippen LogP contribution in [0.1, 0.15) is 34.6 Å². The number of rotatable bonds is 2. The highest BCUT2D eigenvalue weighted by Gasteiger charge is 2.31. The minimum atomic E-state index is -1.09. The van der Waals surface area contributed by atoms with Gasteiger partial charge in [-0.05, 0) is 26.0 Å². The zero-order chi connectivity index (χ0) is 14.0. The maximum atomic E-state index is 12.4. The number of aromatic carboxylic acids is 1. The van der Waals surface area contributed by atoms with Gasteiger partial charge in [-0.25, -0.2) is 4.79 Å². The van der Waals surface area contributed by atoms with Crippen molar-refractivity contribution in [1.29, 1.82) is 0 Å². The molecule has 1 aromatic carbocycles. The van der Waals surface area contributed by atoms with E-state index in [4.69, 9.17) is 9.84 Å². The standard InChI is InChI=1S/C14H17NO4/c1-14(2)9-15(7-8-19-14)12(16)10-5-3-4-6-11(10)13(17)18/h3-6H,7-9H2,1-2H3,(H,17,18). The van der Waals surface area contributed by atoms with Gasteiger partial charge in [-0.15, -0.1) is 0 Å². The van der Waals surface area contributed by atoms with E-state index < -0.39 is 11.6 Å².